The molecule has 1 amide bonds. The van der Waals surface area contributed by atoms with Crippen LogP contribution in [0.4, 0.5) is 10.1 Å². The van der Waals surface area contributed by atoms with Crippen molar-refractivity contribution in [3.63, 3.8) is 0 Å². The highest BCUT2D eigenvalue weighted by molar-refractivity contribution is 6.24. The van der Waals surface area contributed by atoms with Crippen LogP contribution in [0, 0.1) is 5.95 Å². The molecule has 2 heterocycles. The van der Waals surface area contributed by atoms with E-state index in [1.165, 1.54) is 23.2 Å². The van der Waals surface area contributed by atoms with Gasteiger partial charge in [-0.1, -0.05) is 0 Å². The maximum absolute atomic E-state index is 12.5. The molecule has 0 bridgehead atoms. The Morgan fingerprint density at radius 1 is 1.57 bits per heavy atom. The first kappa shape index (κ1) is 9.40. The molecule has 1 aromatic heterocycles. The molecule has 14 heavy (non-hydrogen) atoms. The summed E-state index contributed by atoms with van der Waals surface area (Å²) in [6.07, 6.45) is 1.67. The van der Waals surface area contributed by atoms with Crippen LogP contribution in [0.2, 0.25) is 0 Å². The van der Waals surface area contributed by atoms with E-state index in [-0.39, 0.29) is 11.3 Å². The predicted octanol–water partition coefficient (Wildman–Crippen LogP) is 1.56. The minimum Gasteiger partial charge on any atom is -0.309 e. The zero-order chi connectivity index (χ0) is 10.1. The van der Waals surface area contributed by atoms with E-state index in [0.717, 1.165) is 0 Å². The van der Waals surface area contributed by atoms with E-state index in [2.05, 4.69) is 4.98 Å². The van der Waals surface area contributed by atoms with Crippen LogP contribution in [0.5, 0.6) is 0 Å². The number of halogens is 2. The van der Waals surface area contributed by atoms with E-state index < -0.39 is 5.95 Å². The number of alkyl halides is 1. The van der Waals surface area contributed by atoms with Crippen LogP contribution >= 0.6 is 11.6 Å². The minimum atomic E-state index is -0.553. The second-order valence-electron chi connectivity index (χ2n) is 3.14. The van der Waals surface area contributed by atoms with E-state index >= 15 is 0 Å². The molecule has 1 unspecified atom stereocenters. The van der Waals surface area contributed by atoms with Crippen molar-refractivity contribution in [2.24, 2.45) is 0 Å². The molecule has 5 heteroatoms. The van der Waals surface area contributed by atoms with Crippen LogP contribution in [-0.4, -0.2) is 22.8 Å². The molecule has 2 rings (SSSR count). The normalized spacial score (nSPS) is 21.7. The number of carbonyl (C=O) groups excluding carboxylic acids is 1. The minimum absolute atomic E-state index is 0.0431. The number of aromatic nitrogens is 1. The lowest BCUT2D eigenvalue weighted by Gasteiger charge is -2.14. The van der Waals surface area contributed by atoms with Gasteiger partial charge < -0.3 is 4.90 Å². The topological polar surface area (TPSA) is 33.2 Å². The SMILES string of the molecule is O=C1CC(Cl)CN1c1ccc(F)nc1. The molecule has 0 aromatic carbocycles. The summed E-state index contributed by atoms with van der Waals surface area (Å²) >= 11 is 5.83. The molecule has 0 aliphatic carbocycles. The lowest BCUT2D eigenvalue weighted by molar-refractivity contribution is -0.117. The van der Waals surface area contributed by atoms with Crippen LogP contribution in [0.1, 0.15) is 6.42 Å². The Balaban J connectivity index is 2.23. The zero-order valence-corrected chi connectivity index (χ0v) is 8.04. The van der Waals surface area contributed by atoms with Crippen molar-refractivity contribution in [2.45, 2.75) is 11.8 Å². The van der Waals surface area contributed by atoms with Crippen molar-refractivity contribution < 1.29 is 9.18 Å². The van der Waals surface area contributed by atoms with Crippen molar-refractivity contribution in [3.05, 3.63) is 24.3 Å². The van der Waals surface area contributed by atoms with E-state index in [1.807, 2.05) is 0 Å². The van der Waals surface area contributed by atoms with Crippen LogP contribution < -0.4 is 4.90 Å². The molecule has 0 saturated carbocycles. The highest BCUT2D eigenvalue weighted by atomic mass is 35.5. The second-order valence-corrected chi connectivity index (χ2v) is 3.76. The Morgan fingerprint density at radius 3 is 2.86 bits per heavy atom. The Morgan fingerprint density at radius 2 is 2.36 bits per heavy atom. The molecule has 3 nitrogen and oxygen atoms in total. The first-order valence-electron chi connectivity index (χ1n) is 4.23. The quantitative estimate of drug-likeness (QED) is 0.525. The molecular formula is C9H8ClFN2O. The van der Waals surface area contributed by atoms with Crippen molar-refractivity contribution in [1.82, 2.24) is 4.98 Å². The Labute approximate surface area is 85.5 Å². The molecule has 1 aliphatic rings. The molecule has 0 spiro atoms. The fourth-order valence-corrected chi connectivity index (χ4v) is 1.71. The monoisotopic (exact) mass is 214 g/mol. The van der Waals surface area contributed by atoms with Crippen molar-refractivity contribution in [2.75, 3.05) is 11.4 Å². The number of pyridine rings is 1. The lowest BCUT2D eigenvalue weighted by atomic mass is 10.4. The molecule has 1 aliphatic heterocycles. The standard InChI is InChI=1S/C9H8ClFN2O/c10-6-3-9(14)13(5-6)7-1-2-8(11)12-4-7/h1-2,4,6H,3,5H2. The summed E-state index contributed by atoms with van der Waals surface area (Å²) in [5.41, 5.74) is 0.597. The maximum Gasteiger partial charge on any atom is 0.228 e. The Hall–Kier alpha value is -1.16. The maximum atomic E-state index is 12.5. The van der Waals surface area contributed by atoms with Gasteiger partial charge in [0.25, 0.3) is 0 Å². The summed E-state index contributed by atoms with van der Waals surface area (Å²) in [6, 6.07) is 2.75. The van der Waals surface area contributed by atoms with Crippen molar-refractivity contribution >= 4 is 23.2 Å². The molecule has 0 radical (unpaired) electrons. The summed E-state index contributed by atoms with van der Waals surface area (Å²) < 4.78 is 12.5. The van der Waals surface area contributed by atoms with Gasteiger partial charge in [-0.15, -0.1) is 11.6 Å². The fourth-order valence-electron chi connectivity index (χ4n) is 1.44. The average molecular weight is 215 g/mol. The van der Waals surface area contributed by atoms with Crippen LogP contribution in [-0.2, 0) is 4.79 Å². The number of nitrogens with zero attached hydrogens (tertiary/aromatic N) is 2. The van der Waals surface area contributed by atoms with Crippen molar-refractivity contribution in [1.29, 1.82) is 0 Å². The Kier molecular flexibility index (Phi) is 2.37. The average Bonchev–Trinajstić information content (AvgIpc) is 2.47. The molecule has 0 N–H and O–H groups in total. The number of anilines is 1. The van der Waals surface area contributed by atoms with E-state index in [0.29, 0.717) is 18.7 Å². The smallest absolute Gasteiger partial charge is 0.228 e. The van der Waals surface area contributed by atoms with Gasteiger partial charge >= 0.3 is 0 Å². The summed E-state index contributed by atoms with van der Waals surface area (Å²) in [4.78, 5) is 16.4. The summed E-state index contributed by atoms with van der Waals surface area (Å²) in [5, 5.41) is -0.160. The first-order chi connectivity index (χ1) is 6.66. The fraction of sp³-hybridized carbons (Fsp3) is 0.333. The number of amides is 1. The summed E-state index contributed by atoms with van der Waals surface area (Å²) in [5.74, 6) is -0.596. The van der Waals surface area contributed by atoms with E-state index in [1.54, 1.807) is 0 Å². The first-order valence-corrected chi connectivity index (χ1v) is 4.66. The Bertz CT molecular complexity index is 354. The largest absolute Gasteiger partial charge is 0.309 e. The second kappa shape index (κ2) is 3.53. The number of hydrogen-bond acceptors (Lipinski definition) is 2. The van der Waals surface area contributed by atoms with Gasteiger partial charge in [0.15, 0.2) is 0 Å². The molecular weight excluding hydrogens is 207 g/mol. The molecule has 1 fully saturated rings. The highest BCUT2D eigenvalue weighted by Gasteiger charge is 2.29. The number of hydrogen-bond donors (Lipinski definition) is 0. The van der Waals surface area contributed by atoms with Gasteiger partial charge in [-0.05, 0) is 12.1 Å². The number of carbonyl (C=O) groups is 1. The van der Waals surface area contributed by atoms with Gasteiger partial charge in [0.1, 0.15) is 0 Å². The zero-order valence-electron chi connectivity index (χ0n) is 7.28. The van der Waals surface area contributed by atoms with Gasteiger partial charge in [0.2, 0.25) is 11.9 Å². The highest BCUT2D eigenvalue weighted by Crippen LogP contribution is 2.23. The molecule has 1 atom stereocenters. The lowest BCUT2D eigenvalue weighted by Crippen LogP contribution is -2.24. The van der Waals surface area contributed by atoms with Gasteiger partial charge in [0, 0.05) is 13.0 Å². The summed E-state index contributed by atoms with van der Waals surface area (Å²) in [6.45, 7) is 0.466. The van der Waals surface area contributed by atoms with Crippen LogP contribution in [0.3, 0.4) is 0 Å². The molecule has 1 aromatic rings. The van der Waals surface area contributed by atoms with E-state index in [9.17, 15) is 9.18 Å². The van der Waals surface area contributed by atoms with Gasteiger partial charge in [-0.3, -0.25) is 4.79 Å². The third kappa shape index (κ3) is 1.70. The predicted molar refractivity (Wildman–Crippen MR) is 50.8 cm³/mol. The van der Waals surface area contributed by atoms with Gasteiger partial charge in [-0.2, -0.15) is 4.39 Å². The van der Waals surface area contributed by atoms with E-state index in [4.69, 9.17) is 11.6 Å². The van der Waals surface area contributed by atoms with Crippen molar-refractivity contribution in [3.8, 4) is 0 Å². The van der Waals surface area contributed by atoms with Crippen LogP contribution in [0.15, 0.2) is 18.3 Å². The number of rotatable bonds is 1. The van der Waals surface area contributed by atoms with Gasteiger partial charge in [-0.25, -0.2) is 4.98 Å². The molecule has 74 valence electrons. The van der Waals surface area contributed by atoms with Crippen LogP contribution in [0.25, 0.3) is 0 Å². The molecule has 1 saturated heterocycles. The third-order valence-corrected chi connectivity index (χ3v) is 2.39. The third-order valence-electron chi connectivity index (χ3n) is 2.10. The van der Waals surface area contributed by atoms with Gasteiger partial charge in [0.05, 0.1) is 17.3 Å². The summed E-state index contributed by atoms with van der Waals surface area (Å²) in [7, 11) is 0.